The van der Waals surface area contributed by atoms with Crippen molar-refractivity contribution in [3.05, 3.63) is 53.3 Å². The number of benzene rings is 1. The molecule has 2 heterocycles. The minimum absolute atomic E-state index is 0.0175. The van der Waals surface area contributed by atoms with E-state index in [1.807, 2.05) is 6.07 Å². The van der Waals surface area contributed by atoms with Gasteiger partial charge in [0.05, 0.1) is 22.0 Å². The van der Waals surface area contributed by atoms with Crippen molar-refractivity contribution in [3.8, 4) is 11.4 Å². The first-order chi connectivity index (χ1) is 13.3. The lowest BCUT2D eigenvalue weighted by atomic mass is 10.2. The van der Waals surface area contributed by atoms with E-state index in [2.05, 4.69) is 20.5 Å². The molecule has 0 aliphatic heterocycles. The van der Waals surface area contributed by atoms with Gasteiger partial charge >= 0.3 is 6.18 Å². The molecule has 1 amide bonds. The molecule has 3 rings (SSSR count). The molecule has 2 aromatic heterocycles. The molecule has 1 aromatic carbocycles. The summed E-state index contributed by atoms with van der Waals surface area (Å²) in [6.07, 6.45) is -1.25. The normalized spacial score (nSPS) is 11.5. The Morgan fingerprint density at radius 1 is 1.29 bits per heavy atom. The van der Waals surface area contributed by atoms with Crippen LogP contribution in [0.1, 0.15) is 5.56 Å². The molecule has 11 heteroatoms. The van der Waals surface area contributed by atoms with Gasteiger partial charge in [0.25, 0.3) is 0 Å². The zero-order valence-electron chi connectivity index (χ0n) is 14.4. The lowest BCUT2D eigenvalue weighted by molar-refractivity contribution is -0.137. The van der Waals surface area contributed by atoms with E-state index in [9.17, 15) is 18.0 Å². The quantitative estimate of drug-likeness (QED) is 0.615. The van der Waals surface area contributed by atoms with Crippen LogP contribution in [-0.2, 0) is 18.0 Å². The van der Waals surface area contributed by atoms with Crippen LogP contribution in [0, 0.1) is 0 Å². The van der Waals surface area contributed by atoms with Crippen LogP contribution >= 0.6 is 23.4 Å². The zero-order valence-corrected chi connectivity index (χ0v) is 15.9. The maximum Gasteiger partial charge on any atom is 0.416 e. The lowest BCUT2D eigenvalue weighted by Crippen LogP contribution is -2.16. The van der Waals surface area contributed by atoms with E-state index in [1.54, 1.807) is 30.1 Å². The van der Waals surface area contributed by atoms with Gasteiger partial charge in [0.2, 0.25) is 5.91 Å². The molecule has 0 bridgehead atoms. The van der Waals surface area contributed by atoms with Crippen molar-refractivity contribution < 1.29 is 18.0 Å². The number of amides is 1. The van der Waals surface area contributed by atoms with E-state index >= 15 is 0 Å². The van der Waals surface area contributed by atoms with E-state index in [-0.39, 0.29) is 16.5 Å². The predicted octanol–water partition coefficient (Wildman–Crippen LogP) is 4.28. The second-order valence-corrected chi connectivity index (χ2v) is 6.99. The molecule has 0 atom stereocenters. The molecular formula is C17H13ClF3N5OS. The van der Waals surface area contributed by atoms with Gasteiger partial charge in [0, 0.05) is 25.0 Å². The molecule has 0 aliphatic carbocycles. The third kappa shape index (κ3) is 4.63. The number of nitrogens with one attached hydrogen (secondary N) is 1. The van der Waals surface area contributed by atoms with Gasteiger partial charge in [-0.2, -0.15) is 13.2 Å². The molecule has 6 nitrogen and oxygen atoms in total. The molecule has 0 fully saturated rings. The first-order valence-corrected chi connectivity index (χ1v) is 9.21. The summed E-state index contributed by atoms with van der Waals surface area (Å²) in [5.74, 6) is -0.0138. The topological polar surface area (TPSA) is 72.7 Å². The highest BCUT2D eigenvalue weighted by Crippen LogP contribution is 2.34. The molecule has 28 heavy (non-hydrogen) atoms. The molecule has 0 aliphatic rings. The number of alkyl halides is 3. The van der Waals surface area contributed by atoms with Crippen LogP contribution < -0.4 is 5.32 Å². The second-order valence-electron chi connectivity index (χ2n) is 5.64. The Balaban J connectivity index is 1.67. The van der Waals surface area contributed by atoms with Crippen LogP contribution in [0.3, 0.4) is 0 Å². The molecule has 0 saturated carbocycles. The standard InChI is InChI=1S/C17H13ClF3N5OS/c1-26-15(10-3-2-6-22-8-10)24-25-16(26)28-9-14(27)23-13-7-11(17(19,20)21)4-5-12(13)18/h2-8H,9H2,1H3,(H,23,27). The Labute approximate surface area is 167 Å². The van der Waals surface area contributed by atoms with Crippen molar-refractivity contribution >= 4 is 35.0 Å². The minimum Gasteiger partial charge on any atom is -0.324 e. The van der Waals surface area contributed by atoms with Gasteiger partial charge in [-0.05, 0) is 30.3 Å². The summed E-state index contributed by atoms with van der Waals surface area (Å²) in [6, 6.07) is 6.34. The molecular weight excluding hydrogens is 415 g/mol. The number of nitrogens with zero attached hydrogens (tertiary/aromatic N) is 4. The number of hydrogen-bond donors (Lipinski definition) is 1. The van der Waals surface area contributed by atoms with Crippen molar-refractivity contribution in [2.75, 3.05) is 11.1 Å². The fourth-order valence-corrected chi connectivity index (χ4v) is 3.18. The van der Waals surface area contributed by atoms with Gasteiger partial charge in [-0.3, -0.25) is 9.78 Å². The Kier molecular flexibility index (Phi) is 5.90. The third-order valence-electron chi connectivity index (χ3n) is 3.65. The average Bonchev–Trinajstić information content (AvgIpc) is 3.02. The number of hydrogen-bond acceptors (Lipinski definition) is 5. The van der Waals surface area contributed by atoms with Crippen molar-refractivity contribution in [3.63, 3.8) is 0 Å². The molecule has 3 aromatic rings. The summed E-state index contributed by atoms with van der Waals surface area (Å²) in [6.45, 7) is 0. The van der Waals surface area contributed by atoms with Crippen molar-refractivity contribution in [1.29, 1.82) is 0 Å². The summed E-state index contributed by atoms with van der Waals surface area (Å²) in [7, 11) is 1.74. The summed E-state index contributed by atoms with van der Waals surface area (Å²) in [5.41, 5.74) is -0.227. The zero-order chi connectivity index (χ0) is 20.3. The smallest absolute Gasteiger partial charge is 0.324 e. The van der Waals surface area contributed by atoms with Crippen molar-refractivity contribution in [2.24, 2.45) is 7.05 Å². The summed E-state index contributed by atoms with van der Waals surface area (Å²) in [4.78, 5) is 16.2. The van der Waals surface area contributed by atoms with Crippen LogP contribution in [0.25, 0.3) is 11.4 Å². The van der Waals surface area contributed by atoms with Gasteiger partial charge in [-0.1, -0.05) is 23.4 Å². The fraction of sp³-hybridized carbons (Fsp3) is 0.176. The Morgan fingerprint density at radius 2 is 2.07 bits per heavy atom. The molecule has 0 radical (unpaired) electrons. The number of halogens is 4. The summed E-state index contributed by atoms with van der Waals surface area (Å²) in [5, 5.41) is 11.0. The Bertz CT molecular complexity index is 994. The number of rotatable bonds is 5. The fourth-order valence-electron chi connectivity index (χ4n) is 2.30. The number of aromatic nitrogens is 4. The van der Waals surface area contributed by atoms with Crippen molar-refractivity contribution in [1.82, 2.24) is 19.7 Å². The highest BCUT2D eigenvalue weighted by atomic mass is 35.5. The molecule has 0 unspecified atom stereocenters. The highest BCUT2D eigenvalue weighted by Gasteiger charge is 2.31. The largest absolute Gasteiger partial charge is 0.416 e. The Hall–Kier alpha value is -2.59. The summed E-state index contributed by atoms with van der Waals surface area (Å²) < 4.78 is 40.1. The monoisotopic (exact) mass is 427 g/mol. The third-order valence-corrected chi connectivity index (χ3v) is 5.00. The number of thioether (sulfide) groups is 1. The lowest BCUT2D eigenvalue weighted by Gasteiger charge is -2.11. The Morgan fingerprint density at radius 3 is 2.75 bits per heavy atom. The molecule has 146 valence electrons. The van der Waals surface area contributed by atoms with Gasteiger partial charge in [0.1, 0.15) is 0 Å². The van der Waals surface area contributed by atoms with Crippen LogP contribution in [0.15, 0.2) is 47.9 Å². The summed E-state index contributed by atoms with van der Waals surface area (Å²) >= 11 is 6.98. The van der Waals surface area contributed by atoms with Gasteiger partial charge in [-0.15, -0.1) is 10.2 Å². The van der Waals surface area contributed by atoms with E-state index in [0.29, 0.717) is 11.0 Å². The maximum atomic E-state index is 12.8. The number of carbonyl (C=O) groups excluding carboxylic acids is 1. The van der Waals surface area contributed by atoms with Crippen LogP contribution in [0.5, 0.6) is 0 Å². The van der Waals surface area contributed by atoms with Crippen molar-refractivity contribution in [2.45, 2.75) is 11.3 Å². The van der Waals surface area contributed by atoms with Crippen LogP contribution in [0.2, 0.25) is 5.02 Å². The van der Waals surface area contributed by atoms with Gasteiger partial charge in [0.15, 0.2) is 11.0 Å². The maximum absolute atomic E-state index is 12.8. The van der Waals surface area contributed by atoms with E-state index in [0.717, 1.165) is 35.5 Å². The molecule has 0 spiro atoms. The number of carbonyl (C=O) groups is 1. The minimum atomic E-state index is -4.53. The first-order valence-electron chi connectivity index (χ1n) is 7.85. The number of pyridine rings is 1. The number of anilines is 1. The van der Waals surface area contributed by atoms with E-state index < -0.39 is 17.6 Å². The van der Waals surface area contributed by atoms with E-state index in [4.69, 9.17) is 11.6 Å². The average molecular weight is 428 g/mol. The predicted molar refractivity (Wildman–Crippen MR) is 100 cm³/mol. The second kappa shape index (κ2) is 8.19. The van der Waals surface area contributed by atoms with Gasteiger partial charge < -0.3 is 9.88 Å². The first kappa shape index (κ1) is 20.2. The van der Waals surface area contributed by atoms with Gasteiger partial charge in [-0.25, -0.2) is 0 Å². The van der Waals surface area contributed by atoms with Crippen LogP contribution in [0.4, 0.5) is 18.9 Å². The highest BCUT2D eigenvalue weighted by molar-refractivity contribution is 7.99. The molecule has 0 saturated heterocycles. The molecule has 1 N–H and O–H groups in total. The SMILES string of the molecule is Cn1c(SCC(=O)Nc2cc(C(F)(F)F)ccc2Cl)nnc1-c1cccnc1. The van der Waals surface area contributed by atoms with Crippen LogP contribution in [-0.4, -0.2) is 31.4 Å². The van der Waals surface area contributed by atoms with E-state index in [1.165, 1.54) is 0 Å².